The van der Waals surface area contributed by atoms with Crippen molar-refractivity contribution in [2.45, 2.75) is 38.8 Å². The van der Waals surface area contributed by atoms with E-state index in [4.69, 9.17) is 4.98 Å². The van der Waals surface area contributed by atoms with Crippen molar-refractivity contribution in [3.05, 3.63) is 53.1 Å². The maximum atomic E-state index is 12.8. The number of hydrogen-bond donors (Lipinski definition) is 1. The van der Waals surface area contributed by atoms with E-state index in [-0.39, 0.29) is 17.9 Å². The lowest BCUT2D eigenvalue weighted by Gasteiger charge is -2.38. The summed E-state index contributed by atoms with van der Waals surface area (Å²) < 4.78 is 0. The Kier molecular flexibility index (Phi) is 5.47. The molecule has 7 nitrogen and oxygen atoms in total. The van der Waals surface area contributed by atoms with Crippen molar-refractivity contribution in [2.24, 2.45) is 0 Å². The molecule has 2 atom stereocenters. The van der Waals surface area contributed by atoms with Gasteiger partial charge in [0, 0.05) is 45.2 Å². The Labute approximate surface area is 189 Å². The fraction of sp³-hybridized carbons (Fsp3) is 0.480. The van der Waals surface area contributed by atoms with E-state index in [2.05, 4.69) is 70.8 Å². The van der Waals surface area contributed by atoms with Gasteiger partial charge in [0.25, 0.3) is 0 Å². The van der Waals surface area contributed by atoms with Crippen LogP contribution in [0.15, 0.2) is 30.5 Å². The lowest BCUT2D eigenvalue weighted by Crippen LogP contribution is -2.44. The largest absolute Gasteiger partial charge is 0.367 e. The molecule has 168 valence electrons. The molecule has 3 aromatic rings. The van der Waals surface area contributed by atoms with Crippen molar-refractivity contribution in [2.75, 3.05) is 45.2 Å². The number of ketones is 1. The van der Waals surface area contributed by atoms with Crippen molar-refractivity contribution in [3.8, 4) is 0 Å². The van der Waals surface area contributed by atoms with Crippen LogP contribution in [-0.2, 0) is 4.79 Å². The van der Waals surface area contributed by atoms with Gasteiger partial charge in [0.15, 0.2) is 0 Å². The predicted molar refractivity (Wildman–Crippen MR) is 127 cm³/mol. The van der Waals surface area contributed by atoms with Crippen LogP contribution in [0.25, 0.3) is 11.0 Å². The maximum absolute atomic E-state index is 12.8. The van der Waals surface area contributed by atoms with Crippen molar-refractivity contribution in [3.63, 3.8) is 0 Å². The molecule has 2 unspecified atom stereocenters. The number of aromatic amines is 1. The fourth-order valence-electron chi connectivity index (χ4n) is 5.08. The number of nitrogens with one attached hydrogen (secondary N) is 1. The molecule has 4 heterocycles. The zero-order chi connectivity index (χ0) is 22.4. The Hall–Kier alpha value is -2.77. The number of nitrogens with zero attached hydrogens (tertiary/aromatic N) is 5. The van der Waals surface area contributed by atoms with Gasteiger partial charge in [0.05, 0.1) is 29.0 Å². The molecule has 0 aliphatic carbocycles. The van der Waals surface area contributed by atoms with Gasteiger partial charge in [-0.15, -0.1) is 0 Å². The van der Waals surface area contributed by atoms with E-state index in [9.17, 15) is 4.79 Å². The minimum atomic E-state index is -0.0873. The first kappa shape index (κ1) is 21.1. The smallest absolute Gasteiger partial charge is 0.136 e. The molecule has 0 radical (unpaired) electrons. The Morgan fingerprint density at radius 3 is 2.53 bits per heavy atom. The van der Waals surface area contributed by atoms with Gasteiger partial charge in [-0.1, -0.05) is 6.07 Å². The number of pyridine rings is 1. The first-order valence-corrected chi connectivity index (χ1v) is 11.5. The molecular formula is C25H32N6O. The molecule has 0 saturated carbocycles. The first-order chi connectivity index (χ1) is 15.4. The van der Waals surface area contributed by atoms with Gasteiger partial charge in [0.1, 0.15) is 17.1 Å². The summed E-state index contributed by atoms with van der Waals surface area (Å²) in [7, 11) is 4.27. The Bertz CT molecular complexity index is 1150. The van der Waals surface area contributed by atoms with Gasteiger partial charge < -0.3 is 14.8 Å². The molecule has 1 N–H and O–H groups in total. The average Bonchev–Trinajstić information content (AvgIpc) is 3.22. The highest BCUT2D eigenvalue weighted by Crippen LogP contribution is 2.39. The number of Topliss-reactive ketones (excluding diaryl/α,β-unsaturated/α-hetero) is 1. The van der Waals surface area contributed by atoms with Crippen LogP contribution in [0.2, 0.25) is 0 Å². The second kappa shape index (κ2) is 8.30. The second-order valence-electron chi connectivity index (χ2n) is 9.37. The average molecular weight is 433 g/mol. The molecule has 5 rings (SSSR count). The SMILES string of the molecule is Cc1ccnc(C2CC(=O)CC(c3nc4c(N5CCN(C)CC5)cccc4[nH]3)N2C)c1C. The van der Waals surface area contributed by atoms with Crippen LogP contribution in [0, 0.1) is 13.8 Å². The number of para-hydroxylation sites is 1. The van der Waals surface area contributed by atoms with Gasteiger partial charge in [-0.3, -0.25) is 14.7 Å². The zero-order valence-electron chi connectivity index (χ0n) is 19.4. The molecule has 2 fully saturated rings. The Morgan fingerprint density at radius 1 is 1.00 bits per heavy atom. The fourth-order valence-corrected chi connectivity index (χ4v) is 5.08. The molecular weight excluding hydrogens is 400 g/mol. The summed E-state index contributed by atoms with van der Waals surface area (Å²) in [5.41, 5.74) is 6.58. The van der Waals surface area contributed by atoms with E-state index in [1.54, 1.807) is 0 Å². The van der Waals surface area contributed by atoms with E-state index in [1.807, 2.05) is 12.3 Å². The Morgan fingerprint density at radius 2 is 1.75 bits per heavy atom. The van der Waals surface area contributed by atoms with Crippen LogP contribution in [0.4, 0.5) is 5.69 Å². The molecule has 0 bridgehead atoms. The minimum absolute atomic E-state index is 0.0357. The highest BCUT2D eigenvalue weighted by Gasteiger charge is 2.37. The minimum Gasteiger partial charge on any atom is -0.367 e. The summed E-state index contributed by atoms with van der Waals surface area (Å²) in [5, 5.41) is 0. The van der Waals surface area contributed by atoms with Gasteiger partial charge in [-0.05, 0) is 57.3 Å². The number of aromatic nitrogens is 3. The molecule has 2 aliphatic rings. The monoisotopic (exact) mass is 432 g/mol. The molecule has 0 amide bonds. The summed E-state index contributed by atoms with van der Waals surface area (Å²) in [6.45, 7) is 8.31. The van der Waals surface area contributed by atoms with Crippen LogP contribution < -0.4 is 4.90 Å². The number of fused-ring (bicyclic) bond motifs is 1. The van der Waals surface area contributed by atoms with E-state index >= 15 is 0 Å². The zero-order valence-corrected chi connectivity index (χ0v) is 19.4. The van der Waals surface area contributed by atoms with Crippen LogP contribution in [0.3, 0.4) is 0 Å². The molecule has 32 heavy (non-hydrogen) atoms. The summed E-state index contributed by atoms with van der Waals surface area (Å²) in [5.74, 6) is 1.13. The van der Waals surface area contributed by atoms with Crippen molar-refractivity contribution in [1.29, 1.82) is 0 Å². The van der Waals surface area contributed by atoms with E-state index in [0.29, 0.717) is 12.8 Å². The number of H-pyrrole nitrogens is 1. The predicted octanol–water partition coefficient (Wildman–Crippen LogP) is 3.40. The lowest BCUT2D eigenvalue weighted by atomic mass is 9.90. The number of benzene rings is 1. The van der Waals surface area contributed by atoms with Crippen molar-refractivity contribution < 1.29 is 4.79 Å². The third kappa shape index (κ3) is 3.69. The number of imidazole rings is 1. The lowest BCUT2D eigenvalue weighted by molar-refractivity contribution is -0.125. The maximum Gasteiger partial charge on any atom is 0.136 e. The standard InChI is InChI=1S/C25H32N6O/c1-16-8-9-26-23(17(16)2)21-14-18(32)15-22(30(21)4)25-27-19-6-5-7-20(24(19)28-25)31-12-10-29(3)11-13-31/h5-9,21-22H,10-15H2,1-4H3,(H,27,28). The number of carbonyl (C=O) groups excluding carboxylic acids is 1. The van der Waals surface area contributed by atoms with Gasteiger partial charge >= 0.3 is 0 Å². The number of aryl methyl sites for hydroxylation is 1. The second-order valence-corrected chi connectivity index (χ2v) is 9.37. The quantitative estimate of drug-likeness (QED) is 0.684. The highest BCUT2D eigenvalue weighted by molar-refractivity contribution is 5.89. The van der Waals surface area contributed by atoms with E-state index < -0.39 is 0 Å². The number of carbonyl (C=O) groups is 1. The van der Waals surface area contributed by atoms with Crippen molar-refractivity contribution in [1.82, 2.24) is 24.8 Å². The summed E-state index contributed by atoms with van der Waals surface area (Å²) in [6.07, 6.45) is 2.82. The topological polar surface area (TPSA) is 68.4 Å². The number of piperazine rings is 1. The number of anilines is 1. The normalized spacial score (nSPS) is 23.2. The number of rotatable bonds is 3. The Balaban J connectivity index is 1.49. The number of likely N-dealkylation sites (N-methyl/N-ethyl adjacent to an activating group) is 1. The van der Waals surface area contributed by atoms with Crippen LogP contribution >= 0.6 is 0 Å². The molecule has 1 aromatic carbocycles. The molecule has 0 spiro atoms. The number of likely N-dealkylation sites (tertiary alicyclic amines) is 1. The molecule has 2 aliphatic heterocycles. The summed E-state index contributed by atoms with van der Waals surface area (Å²) in [6, 6.07) is 8.25. The van der Waals surface area contributed by atoms with Crippen molar-refractivity contribution >= 4 is 22.5 Å². The third-order valence-corrected chi connectivity index (χ3v) is 7.32. The number of hydrogen-bond acceptors (Lipinski definition) is 6. The van der Waals surface area contributed by atoms with Gasteiger partial charge in [-0.2, -0.15) is 0 Å². The highest BCUT2D eigenvalue weighted by atomic mass is 16.1. The summed E-state index contributed by atoms with van der Waals surface area (Å²) >= 11 is 0. The first-order valence-electron chi connectivity index (χ1n) is 11.5. The third-order valence-electron chi connectivity index (χ3n) is 7.32. The van der Waals surface area contributed by atoms with E-state index in [0.717, 1.165) is 48.7 Å². The molecule has 7 heteroatoms. The summed E-state index contributed by atoms with van der Waals surface area (Å²) in [4.78, 5) is 33.1. The number of piperidine rings is 1. The van der Waals surface area contributed by atoms with E-state index in [1.165, 1.54) is 16.8 Å². The molecule has 2 aromatic heterocycles. The van der Waals surface area contributed by atoms with Crippen LogP contribution in [0.1, 0.15) is 47.6 Å². The van der Waals surface area contributed by atoms with Crippen LogP contribution in [0.5, 0.6) is 0 Å². The molecule has 2 saturated heterocycles. The van der Waals surface area contributed by atoms with Gasteiger partial charge in [0.2, 0.25) is 0 Å². The van der Waals surface area contributed by atoms with Gasteiger partial charge in [-0.25, -0.2) is 4.98 Å². The van der Waals surface area contributed by atoms with Crippen LogP contribution in [-0.4, -0.2) is 70.8 Å².